The van der Waals surface area contributed by atoms with Gasteiger partial charge in [0.15, 0.2) is 18.7 Å². The Morgan fingerprint density at radius 1 is 0.750 bits per heavy atom. The minimum absolute atomic E-state index is 0.00127. The molecule has 0 aromatic heterocycles. The van der Waals surface area contributed by atoms with E-state index in [1.54, 1.807) is 0 Å². The highest BCUT2D eigenvalue weighted by molar-refractivity contribution is 5.66. The van der Waals surface area contributed by atoms with Gasteiger partial charge < -0.3 is 69.3 Å². The first-order valence-corrected chi connectivity index (χ1v) is 15.7. The van der Waals surface area contributed by atoms with Gasteiger partial charge in [-0.25, -0.2) is 0 Å². The van der Waals surface area contributed by atoms with E-state index in [1.165, 1.54) is 6.92 Å². The second-order valence-corrected chi connectivity index (χ2v) is 13.1. The zero-order chi connectivity index (χ0) is 31.9. The minimum atomic E-state index is -1.69. The van der Waals surface area contributed by atoms with Gasteiger partial charge in [0.1, 0.15) is 36.6 Å². The summed E-state index contributed by atoms with van der Waals surface area (Å²) in [7, 11) is 0. The van der Waals surface area contributed by atoms with Crippen molar-refractivity contribution in [3.8, 4) is 0 Å². The lowest BCUT2D eigenvalue weighted by atomic mass is 9.73. The van der Waals surface area contributed by atoms with Gasteiger partial charge in [0, 0.05) is 12.8 Å². The standard InChI is InChI=1S/C29H48O15/c1-11-21(34)24(37)27(41-12(2)30)29(40-11)39-10-20-22(35)23(36)25(38)28(44-20)43-19-9-16-17(33)7-15(32)8-18(16)42-26(19)13-3-5-14(31)6-4-13/h11,13-29,31-38H,3-10H2,1-2H3. The van der Waals surface area contributed by atoms with Gasteiger partial charge in [-0.2, -0.15) is 0 Å². The van der Waals surface area contributed by atoms with Crippen molar-refractivity contribution in [2.24, 2.45) is 11.8 Å². The Morgan fingerprint density at radius 3 is 2.14 bits per heavy atom. The summed E-state index contributed by atoms with van der Waals surface area (Å²) in [5, 5.41) is 84.0. The molecule has 0 spiro atoms. The lowest BCUT2D eigenvalue weighted by Crippen LogP contribution is -2.63. The highest BCUT2D eigenvalue weighted by Crippen LogP contribution is 2.43. The maximum absolute atomic E-state index is 11.6. The van der Waals surface area contributed by atoms with Crippen LogP contribution in [0, 0.1) is 11.8 Å². The van der Waals surface area contributed by atoms with Crippen molar-refractivity contribution in [1.29, 1.82) is 0 Å². The molecule has 0 aromatic carbocycles. The number of carbonyl (C=O) groups is 1. The fraction of sp³-hybridized carbons (Fsp3) is 0.966. The molecule has 3 aliphatic heterocycles. The molecule has 0 radical (unpaired) electrons. The number of carbonyl (C=O) groups excluding carboxylic acids is 1. The zero-order valence-electron chi connectivity index (χ0n) is 25.0. The van der Waals surface area contributed by atoms with Crippen LogP contribution in [0.1, 0.15) is 58.8 Å². The first-order chi connectivity index (χ1) is 20.8. The van der Waals surface area contributed by atoms with E-state index in [-0.39, 0.29) is 18.3 Å². The predicted octanol–water partition coefficient (Wildman–Crippen LogP) is -2.57. The Labute approximate surface area is 255 Å². The summed E-state index contributed by atoms with van der Waals surface area (Å²) in [6, 6.07) is 0. The predicted molar refractivity (Wildman–Crippen MR) is 145 cm³/mol. The van der Waals surface area contributed by atoms with Gasteiger partial charge in [0.05, 0.1) is 49.3 Å². The minimum Gasteiger partial charge on any atom is -0.454 e. The van der Waals surface area contributed by atoms with Crippen molar-refractivity contribution in [2.75, 3.05) is 6.61 Å². The van der Waals surface area contributed by atoms with Crippen LogP contribution in [-0.4, -0.2) is 151 Å². The van der Waals surface area contributed by atoms with Crippen LogP contribution in [0.3, 0.4) is 0 Å². The average Bonchev–Trinajstić information content (AvgIpc) is 2.97. The molecule has 5 aliphatic rings. The lowest BCUT2D eigenvalue weighted by Gasteiger charge is -2.51. The van der Waals surface area contributed by atoms with Crippen molar-refractivity contribution in [2.45, 2.75) is 157 Å². The molecule has 3 heterocycles. The van der Waals surface area contributed by atoms with Gasteiger partial charge in [0.2, 0.25) is 0 Å². The fourth-order valence-corrected chi connectivity index (χ4v) is 7.36. The van der Waals surface area contributed by atoms with Crippen LogP contribution in [0.4, 0.5) is 0 Å². The van der Waals surface area contributed by atoms with Gasteiger partial charge in [-0.1, -0.05) is 0 Å². The number of esters is 1. The molecule has 2 aliphatic carbocycles. The van der Waals surface area contributed by atoms with Crippen LogP contribution in [0.15, 0.2) is 0 Å². The summed E-state index contributed by atoms with van der Waals surface area (Å²) in [5.74, 6) is -1.08. The molecule has 16 atom stereocenters. The van der Waals surface area contributed by atoms with Gasteiger partial charge in [-0.15, -0.1) is 0 Å². The van der Waals surface area contributed by atoms with E-state index >= 15 is 0 Å². The Hall–Kier alpha value is -1.05. The molecular formula is C29H48O15. The van der Waals surface area contributed by atoms with E-state index in [2.05, 4.69) is 0 Å². The second-order valence-electron chi connectivity index (χ2n) is 13.1. The molecule has 0 aromatic rings. The third kappa shape index (κ3) is 7.40. The molecule has 8 N–H and O–H groups in total. The Morgan fingerprint density at radius 2 is 1.45 bits per heavy atom. The van der Waals surface area contributed by atoms with Gasteiger partial charge in [-0.05, 0) is 57.8 Å². The molecular weight excluding hydrogens is 588 g/mol. The smallest absolute Gasteiger partial charge is 0.303 e. The Bertz CT molecular complexity index is 948. The quantitative estimate of drug-likeness (QED) is 0.134. The highest BCUT2D eigenvalue weighted by atomic mass is 16.7. The lowest BCUT2D eigenvalue weighted by molar-refractivity contribution is -0.345. The molecule has 15 heteroatoms. The number of ether oxygens (including phenoxy) is 6. The van der Waals surface area contributed by atoms with Crippen molar-refractivity contribution in [3.63, 3.8) is 0 Å². The number of hydrogen-bond donors (Lipinski definition) is 8. The number of aliphatic hydroxyl groups is 8. The summed E-state index contributed by atoms with van der Waals surface area (Å²) >= 11 is 0. The topological polar surface area (TPSA) is 234 Å². The highest BCUT2D eigenvalue weighted by Gasteiger charge is 2.52. The number of hydrogen-bond acceptors (Lipinski definition) is 15. The third-order valence-electron chi connectivity index (χ3n) is 9.89. The average molecular weight is 637 g/mol. The van der Waals surface area contributed by atoms with Gasteiger partial charge in [-0.3, -0.25) is 4.79 Å². The van der Waals surface area contributed by atoms with Gasteiger partial charge in [0.25, 0.3) is 0 Å². The molecule has 5 fully saturated rings. The van der Waals surface area contributed by atoms with Crippen LogP contribution >= 0.6 is 0 Å². The Kier molecular flexibility index (Phi) is 11.2. The van der Waals surface area contributed by atoms with Crippen LogP contribution < -0.4 is 0 Å². The molecule has 15 nitrogen and oxygen atoms in total. The maximum Gasteiger partial charge on any atom is 0.303 e. The summed E-state index contributed by atoms with van der Waals surface area (Å²) in [5.41, 5.74) is 0. The first kappa shape index (κ1) is 34.3. The van der Waals surface area contributed by atoms with Crippen molar-refractivity contribution in [1.82, 2.24) is 0 Å². The van der Waals surface area contributed by atoms with Gasteiger partial charge >= 0.3 is 5.97 Å². The zero-order valence-corrected chi connectivity index (χ0v) is 25.0. The van der Waals surface area contributed by atoms with Crippen molar-refractivity contribution >= 4 is 5.97 Å². The fourth-order valence-electron chi connectivity index (χ4n) is 7.36. The van der Waals surface area contributed by atoms with E-state index < -0.39 is 111 Å². The van der Waals surface area contributed by atoms with E-state index in [4.69, 9.17) is 28.4 Å². The maximum atomic E-state index is 11.6. The van der Waals surface area contributed by atoms with E-state index in [9.17, 15) is 45.6 Å². The molecule has 2 saturated carbocycles. The van der Waals surface area contributed by atoms with Crippen LogP contribution in [0.25, 0.3) is 0 Å². The monoisotopic (exact) mass is 636 g/mol. The van der Waals surface area contributed by atoms with E-state index in [1.807, 2.05) is 0 Å². The molecule has 254 valence electrons. The van der Waals surface area contributed by atoms with Crippen molar-refractivity contribution < 1.29 is 74.1 Å². The van der Waals surface area contributed by atoms with Crippen LogP contribution in [0.5, 0.6) is 0 Å². The molecule has 16 unspecified atom stereocenters. The molecule has 0 bridgehead atoms. The van der Waals surface area contributed by atoms with Crippen LogP contribution in [-0.2, 0) is 33.2 Å². The summed E-state index contributed by atoms with van der Waals surface area (Å²) in [4.78, 5) is 11.6. The summed E-state index contributed by atoms with van der Waals surface area (Å²) in [6.45, 7) is 2.18. The number of rotatable bonds is 7. The second kappa shape index (κ2) is 14.4. The Balaban J connectivity index is 1.29. The third-order valence-corrected chi connectivity index (χ3v) is 9.89. The van der Waals surface area contributed by atoms with Crippen LogP contribution in [0.2, 0.25) is 0 Å². The summed E-state index contributed by atoms with van der Waals surface area (Å²) < 4.78 is 35.1. The SMILES string of the molecule is CC(=O)OC1C(OCC2OC(OC3CC4C(O)CC(O)CC4OC3C3CCC(O)CC3)C(O)C(O)C2O)OC(C)C(O)C1O. The molecule has 5 rings (SSSR count). The molecule has 3 saturated heterocycles. The first-order valence-electron chi connectivity index (χ1n) is 15.7. The largest absolute Gasteiger partial charge is 0.454 e. The van der Waals surface area contributed by atoms with E-state index in [0.717, 1.165) is 6.92 Å². The number of fused-ring (bicyclic) bond motifs is 1. The normalized spacial score (nSPS) is 51.8. The van der Waals surface area contributed by atoms with Crippen molar-refractivity contribution in [3.05, 3.63) is 0 Å². The summed E-state index contributed by atoms with van der Waals surface area (Å²) in [6.07, 6.45) is -14.2. The number of aliphatic hydroxyl groups excluding tert-OH is 8. The molecule has 44 heavy (non-hydrogen) atoms. The molecule has 0 amide bonds. The van der Waals surface area contributed by atoms with E-state index in [0.29, 0.717) is 38.5 Å².